The van der Waals surface area contributed by atoms with Crippen LogP contribution in [0, 0.1) is 0 Å². The molecule has 0 atom stereocenters. The largest absolute Gasteiger partial charge is 0.478 e. The van der Waals surface area contributed by atoms with Crippen molar-refractivity contribution < 1.29 is 19.0 Å². The Hall–Kier alpha value is -1.42. The number of alkyl halides is 1. The molecule has 1 aliphatic heterocycles. The standard InChI is InChI=1S/C12H13FO3/c13-12(4-6-16-7-5-12)10-3-1-2-9(8-10)11(14)15/h1-3,8H,4-7H2,(H,14,15). The molecule has 1 N–H and O–H groups in total. The van der Waals surface area contributed by atoms with E-state index in [1.54, 1.807) is 12.1 Å². The fourth-order valence-electron chi connectivity index (χ4n) is 1.91. The van der Waals surface area contributed by atoms with Gasteiger partial charge in [0.05, 0.1) is 5.56 Å². The second kappa shape index (κ2) is 4.22. The second-order valence-corrected chi connectivity index (χ2v) is 3.96. The van der Waals surface area contributed by atoms with Gasteiger partial charge in [0, 0.05) is 26.1 Å². The minimum absolute atomic E-state index is 0.126. The average Bonchev–Trinajstić information content (AvgIpc) is 2.30. The summed E-state index contributed by atoms with van der Waals surface area (Å²) >= 11 is 0. The van der Waals surface area contributed by atoms with E-state index < -0.39 is 11.6 Å². The Bertz CT molecular complexity index is 397. The molecule has 3 nitrogen and oxygen atoms in total. The molecule has 1 heterocycles. The van der Waals surface area contributed by atoms with E-state index in [0.717, 1.165) is 0 Å². The van der Waals surface area contributed by atoms with Crippen LogP contribution in [0.2, 0.25) is 0 Å². The maximum absolute atomic E-state index is 14.5. The molecule has 1 aromatic rings. The van der Waals surface area contributed by atoms with E-state index in [4.69, 9.17) is 9.84 Å². The average molecular weight is 224 g/mol. The molecule has 0 radical (unpaired) electrons. The summed E-state index contributed by atoms with van der Waals surface area (Å²) in [5.41, 5.74) is -0.874. The summed E-state index contributed by atoms with van der Waals surface area (Å²) in [6.07, 6.45) is 0.576. The molecule has 0 saturated carbocycles. The fourth-order valence-corrected chi connectivity index (χ4v) is 1.91. The molecule has 1 fully saturated rings. The van der Waals surface area contributed by atoms with Crippen molar-refractivity contribution in [3.63, 3.8) is 0 Å². The van der Waals surface area contributed by atoms with Gasteiger partial charge in [-0.2, -0.15) is 0 Å². The third kappa shape index (κ3) is 2.07. The summed E-state index contributed by atoms with van der Waals surface area (Å²) in [7, 11) is 0. The van der Waals surface area contributed by atoms with Gasteiger partial charge in [-0.1, -0.05) is 12.1 Å². The molecule has 1 aliphatic rings. The molecule has 0 bridgehead atoms. The van der Waals surface area contributed by atoms with Gasteiger partial charge in [0.1, 0.15) is 5.67 Å². The quantitative estimate of drug-likeness (QED) is 0.838. The van der Waals surface area contributed by atoms with Crippen molar-refractivity contribution in [2.24, 2.45) is 0 Å². The SMILES string of the molecule is O=C(O)c1cccc(C2(F)CCOCC2)c1. The number of hydrogen-bond donors (Lipinski definition) is 1. The highest BCUT2D eigenvalue weighted by Gasteiger charge is 2.34. The van der Waals surface area contributed by atoms with E-state index in [0.29, 0.717) is 18.8 Å². The molecular weight excluding hydrogens is 211 g/mol. The van der Waals surface area contributed by atoms with Gasteiger partial charge >= 0.3 is 5.97 Å². The fraction of sp³-hybridized carbons (Fsp3) is 0.417. The van der Waals surface area contributed by atoms with Crippen LogP contribution >= 0.6 is 0 Å². The third-order valence-electron chi connectivity index (χ3n) is 2.91. The molecule has 4 heteroatoms. The van der Waals surface area contributed by atoms with Gasteiger partial charge in [-0.15, -0.1) is 0 Å². The van der Waals surface area contributed by atoms with Crippen LogP contribution in [0.4, 0.5) is 4.39 Å². The maximum atomic E-state index is 14.5. The number of rotatable bonds is 2. The molecule has 86 valence electrons. The number of halogens is 1. The van der Waals surface area contributed by atoms with Gasteiger partial charge in [0.2, 0.25) is 0 Å². The molecule has 0 spiro atoms. The summed E-state index contributed by atoms with van der Waals surface area (Å²) in [5.74, 6) is -1.03. The maximum Gasteiger partial charge on any atom is 0.335 e. The Labute approximate surface area is 92.9 Å². The lowest BCUT2D eigenvalue weighted by Gasteiger charge is -2.30. The lowest BCUT2D eigenvalue weighted by molar-refractivity contribution is -0.0115. The highest BCUT2D eigenvalue weighted by atomic mass is 19.1. The molecule has 0 amide bonds. The van der Waals surface area contributed by atoms with Gasteiger partial charge in [-0.25, -0.2) is 9.18 Å². The van der Waals surface area contributed by atoms with E-state index in [-0.39, 0.29) is 18.4 Å². The van der Waals surface area contributed by atoms with Crippen molar-refractivity contribution in [1.29, 1.82) is 0 Å². The Morgan fingerprint density at radius 2 is 2.06 bits per heavy atom. The van der Waals surface area contributed by atoms with Crippen molar-refractivity contribution >= 4 is 5.97 Å². The van der Waals surface area contributed by atoms with Crippen molar-refractivity contribution in [1.82, 2.24) is 0 Å². The highest BCUT2D eigenvalue weighted by Crippen LogP contribution is 2.36. The topological polar surface area (TPSA) is 46.5 Å². The number of carboxylic acids is 1. The Morgan fingerprint density at radius 1 is 1.38 bits per heavy atom. The first-order chi connectivity index (χ1) is 7.62. The van der Waals surface area contributed by atoms with Crippen LogP contribution < -0.4 is 0 Å². The molecular formula is C12H13FO3. The lowest BCUT2D eigenvalue weighted by Crippen LogP contribution is -2.29. The minimum Gasteiger partial charge on any atom is -0.478 e. The van der Waals surface area contributed by atoms with Gasteiger partial charge < -0.3 is 9.84 Å². The first-order valence-corrected chi connectivity index (χ1v) is 5.22. The normalized spacial score (nSPS) is 19.3. The predicted octanol–water partition coefficient (Wildman–Crippen LogP) is 2.36. The Morgan fingerprint density at radius 3 is 2.69 bits per heavy atom. The summed E-state index contributed by atoms with van der Waals surface area (Å²) in [4.78, 5) is 10.8. The van der Waals surface area contributed by atoms with E-state index in [1.165, 1.54) is 12.1 Å². The third-order valence-corrected chi connectivity index (χ3v) is 2.91. The molecule has 0 aliphatic carbocycles. The monoisotopic (exact) mass is 224 g/mol. The number of ether oxygens (including phenoxy) is 1. The first kappa shape index (κ1) is 11.1. The van der Waals surface area contributed by atoms with Crippen LogP contribution in [0.1, 0.15) is 28.8 Å². The van der Waals surface area contributed by atoms with E-state index in [9.17, 15) is 9.18 Å². The summed E-state index contributed by atoms with van der Waals surface area (Å²) in [5, 5.41) is 8.84. The number of carbonyl (C=O) groups is 1. The van der Waals surface area contributed by atoms with Crippen LogP contribution in [-0.2, 0) is 10.4 Å². The number of aromatic carboxylic acids is 1. The minimum atomic E-state index is -1.44. The first-order valence-electron chi connectivity index (χ1n) is 5.22. The van der Waals surface area contributed by atoms with Crippen LogP contribution in [0.3, 0.4) is 0 Å². The van der Waals surface area contributed by atoms with Gasteiger partial charge in [-0.05, 0) is 17.7 Å². The van der Waals surface area contributed by atoms with Crippen molar-refractivity contribution in [3.05, 3.63) is 35.4 Å². The number of hydrogen-bond acceptors (Lipinski definition) is 2. The Balaban J connectivity index is 2.31. The van der Waals surface area contributed by atoms with E-state index in [2.05, 4.69) is 0 Å². The lowest BCUT2D eigenvalue weighted by atomic mass is 9.87. The molecule has 2 rings (SSSR count). The Kier molecular flexibility index (Phi) is 2.92. The second-order valence-electron chi connectivity index (χ2n) is 3.96. The van der Waals surface area contributed by atoms with E-state index >= 15 is 0 Å². The molecule has 1 aromatic carbocycles. The predicted molar refractivity (Wildman–Crippen MR) is 56.2 cm³/mol. The zero-order valence-corrected chi connectivity index (χ0v) is 8.78. The smallest absolute Gasteiger partial charge is 0.335 e. The number of carboxylic acid groups (broad SMARTS) is 1. The summed E-state index contributed by atoms with van der Waals surface area (Å²) < 4.78 is 19.6. The van der Waals surface area contributed by atoms with E-state index in [1.807, 2.05) is 0 Å². The molecule has 0 unspecified atom stereocenters. The van der Waals surface area contributed by atoms with Crippen molar-refractivity contribution in [3.8, 4) is 0 Å². The van der Waals surface area contributed by atoms with Gasteiger partial charge in [0.25, 0.3) is 0 Å². The number of benzene rings is 1. The molecule has 1 saturated heterocycles. The zero-order valence-electron chi connectivity index (χ0n) is 8.78. The van der Waals surface area contributed by atoms with Crippen molar-refractivity contribution in [2.45, 2.75) is 18.5 Å². The van der Waals surface area contributed by atoms with Crippen LogP contribution in [0.5, 0.6) is 0 Å². The van der Waals surface area contributed by atoms with Crippen LogP contribution in [0.25, 0.3) is 0 Å². The molecule has 16 heavy (non-hydrogen) atoms. The van der Waals surface area contributed by atoms with Crippen molar-refractivity contribution in [2.75, 3.05) is 13.2 Å². The summed E-state index contributed by atoms with van der Waals surface area (Å²) in [6, 6.07) is 6.09. The van der Waals surface area contributed by atoms with Crippen LogP contribution in [0.15, 0.2) is 24.3 Å². The molecule has 0 aromatic heterocycles. The van der Waals surface area contributed by atoms with Crippen LogP contribution in [-0.4, -0.2) is 24.3 Å². The van der Waals surface area contributed by atoms with Gasteiger partial charge in [-0.3, -0.25) is 0 Å². The zero-order chi connectivity index (χ0) is 11.6. The van der Waals surface area contributed by atoms with Gasteiger partial charge in [0.15, 0.2) is 0 Å². The summed E-state index contributed by atoms with van der Waals surface area (Å²) in [6.45, 7) is 0.765. The highest BCUT2D eigenvalue weighted by molar-refractivity contribution is 5.87.